The molecule has 2 aromatic carbocycles. The summed E-state index contributed by atoms with van der Waals surface area (Å²) < 4.78 is 19.9. The first-order chi connectivity index (χ1) is 12.6. The number of halogens is 1. The average Bonchev–Trinajstić information content (AvgIpc) is 3.03. The van der Waals surface area contributed by atoms with E-state index in [1.165, 1.54) is 19.2 Å². The second kappa shape index (κ2) is 7.82. The van der Waals surface area contributed by atoms with Crippen LogP contribution < -0.4 is 5.32 Å². The van der Waals surface area contributed by atoms with Crippen LogP contribution in [0.25, 0.3) is 10.9 Å². The van der Waals surface area contributed by atoms with Gasteiger partial charge in [0.15, 0.2) is 0 Å². The average molecular weight is 354 g/mol. The van der Waals surface area contributed by atoms with Crippen LogP contribution in [0.3, 0.4) is 0 Å². The number of carbonyl (C=O) groups is 2. The lowest BCUT2D eigenvalue weighted by molar-refractivity contribution is -0.145. The molecule has 5 nitrogen and oxygen atoms in total. The molecule has 0 saturated heterocycles. The van der Waals surface area contributed by atoms with Gasteiger partial charge < -0.3 is 14.6 Å². The summed E-state index contributed by atoms with van der Waals surface area (Å²) in [4.78, 5) is 24.4. The molecule has 1 N–H and O–H groups in total. The van der Waals surface area contributed by atoms with Crippen molar-refractivity contribution in [3.63, 3.8) is 0 Å². The van der Waals surface area contributed by atoms with Gasteiger partial charge in [-0.2, -0.15) is 0 Å². The normalized spacial score (nSPS) is 11.9. The van der Waals surface area contributed by atoms with Gasteiger partial charge in [0, 0.05) is 12.6 Å². The van der Waals surface area contributed by atoms with E-state index in [9.17, 15) is 14.0 Å². The van der Waals surface area contributed by atoms with Crippen LogP contribution >= 0.6 is 0 Å². The summed E-state index contributed by atoms with van der Waals surface area (Å²) in [5.41, 5.74) is 1.54. The van der Waals surface area contributed by atoms with E-state index in [0.29, 0.717) is 11.9 Å². The fourth-order valence-corrected chi connectivity index (χ4v) is 2.87. The molecule has 6 heteroatoms. The molecule has 1 amide bonds. The van der Waals surface area contributed by atoms with Gasteiger partial charge in [-0.05, 0) is 35.2 Å². The van der Waals surface area contributed by atoms with Crippen molar-refractivity contribution in [1.82, 2.24) is 9.88 Å². The van der Waals surface area contributed by atoms with Crippen molar-refractivity contribution in [2.45, 2.75) is 19.0 Å². The Labute approximate surface area is 150 Å². The highest BCUT2D eigenvalue weighted by molar-refractivity contribution is 5.86. The first kappa shape index (κ1) is 17.7. The summed E-state index contributed by atoms with van der Waals surface area (Å²) in [6.07, 6.45) is 2.05. The van der Waals surface area contributed by atoms with Crippen LogP contribution in [0.1, 0.15) is 5.56 Å². The zero-order valence-electron chi connectivity index (χ0n) is 14.3. The van der Waals surface area contributed by atoms with Gasteiger partial charge in [0.2, 0.25) is 5.91 Å². The van der Waals surface area contributed by atoms with Crippen molar-refractivity contribution < 1.29 is 18.7 Å². The van der Waals surface area contributed by atoms with Gasteiger partial charge in [0.25, 0.3) is 0 Å². The lowest BCUT2D eigenvalue weighted by Crippen LogP contribution is -2.44. The molecule has 0 unspecified atom stereocenters. The maximum absolute atomic E-state index is 13.5. The smallest absolute Gasteiger partial charge is 0.328 e. The second-order valence-electron chi connectivity index (χ2n) is 5.98. The van der Waals surface area contributed by atoms with Gasteiger partial charge in [0.05, 0.1) is 12.6 Å². The van der Waals surface area contributed by atoms with Crippen LogP contribution in [0.2, 0.25) is 0 Å². The standard InChI is InChI=1S/C20H19FN2O3/c1-26-20(25)17(11-14-5-3-2-4-6-14)22-19(24)13-23-10-9-15-7-8-16(21)12-18(15)23/h2-10,12,17H,11,13H2,1H3,(H,22,24)/t17-/m0/s1. The molecule has 1 heterocycles. The number of rotatable bonds is 6. The van der Waals surface area contributed by atoms with Crippen molar-refractivity contribution in [3.05, 3.63) is 72.2 Å². The summed E-state index contributed by atoms with van der Waals surface area (Å²) >= 11 is 0. The monoisotopic (exact) mass is 354 g/mol. The summed E-state index contributed by atoms with van der Waals surface area (Å²) in [7, 11) is 1.29. The van der Waals surface area contributed by atoms with Crippen LogP contribution in [-0.4, -0.2) is 29.6 Å². The summed E-state index contributed by atoms with van der Waals surface area (Å²) in [6.45, 7) is -0.0186. The second-order valence-corrected chi connectivity index (χ2v) is 5.98. The minimum atomic E-state index is -0.784. The highest BCUT2D eigenvalue weighted by atomic mass is 19.1. The molecule has 1 atom stereocenters. The van der Waals surface area contributed by atoms with Gasteiger partial charge in [-0.1, -0.05) is 30.3 Å². The van der Waals surface area contributed by atoms with E-state index < -0.39 is 12.0 Å². The Balaban J connectivity index is 1.72. The van der Waals surface area contributed by atoms with Gasteiger partial charge in [0.1, 0.15) is 18.4 Å². The first-order valence-corrected chi connectivity index (χ1v) is 8.22. The summed E-state index contributed by atoms with van der Waals surface area (Å²) in [5, 5.41) is 3.55. The Hall–Kier alpha value is -3.15. The fourth-order valence-electron chi connectivity index (χ4n) is 2.87. The molecule has 0 bridgehead atoms. The molecule has 0 aliphatic heterocycles. The Morgan fingerprint density at radius 1 is 1.15 bits per heavy atom. The zero-order chi connectivity index (χ0) is 18.5. The van der Waals surface area contributed by atoms with Crippen LogP contribution in [0.15, 0.2) is 60.8 Å². The number of esters is 1. The highest BCUT2D eigenvalue weighted by Crippen LogP contribution is 2.17. The lowest BCUT2D eigenvalue weighted by Gasteiger charge is -2.17. The van der Waals surface area contributed by atoms with Crippen LogP contribution in [-0.2, 0) is 27.3 Å². The quantitative estimate of drug-likeness (QED) is 0.693. The highest BCUT2D eigenvalue weighted by Gasteiger charge is 2.22. The number of ether oxygens (including phenoxy) is 1. The molecule has 134 valence electrons. The molecule has 0 radical (unpaired) electrons. The number of carbonyl (C=O) groups excluding carboxylic acids is 2. The number of hydrogen-bond acceptors (Lipinski definition) is 3. The van der Waals surface area contributed by atoms with Gasteiger partial charge in [-0.15, -0.1) is 0 Å². The van der Waals surface area contributed by atoms with Gasteiger partial charge in [-0.25, -0.2) is 9.18 Å². The number of aromatic nitrogens is 1. The number of fused-ring (bicyclic) bond motifs is 1. The first-order valence-electron chi connectivity index (χ1n) is 8.22. The van der Waals surface area contributed by atoms with E-state index in [2.05, 4.69) is 5.32 Å². The van der Waals surface area contributed by atoms with E-state index in [1.807, 2.05) is 36.4 Å². The minimum absolute atomic E-state index is 0.0186. The summed E-state index contributed by atoms with van der Waals surface area (Å²) in [5.74, 6) is -1.22. The minimum Gasteiger partial charge on any atom is -0.467 e. The van der Waals surface area contributed by atoms with E-state index >= 15 is 0 Å². The molecule has 0 aliphatic rings. The number of nitrogens with zero attached hydrogens (tertiary/aromatic N) is 1. The molecular weight excluding hydrogens is 335 g/mol. The summed E-state index contributed by atoms with van der Waals surface area (Å²) in [6, 6.07) is 14.8. The van der Waals surface area contributed by atoms with E-state index in [-0.39, 0.29) is 18.3 Å². The SMILES string of the molecule is COC(=O)[C@H](Cc1ccccc1)NC(=O)Cn1ccc2ccc(F)cc21. The zero-order valence-corrected chi connectivity index (χ0v) is 14.3. The van der Waals surface area contributed by atoms with Crippen molar-refractivity contribution in [1.29, 1.82) is 0 Å². The Morgan fingerprint density at radius 3 is 2.65 bits per heavy atom. The largest absolute Gasteiger partial charge is 0.467 e. The molecule has 0 saturated carbocycles. The maximum Gasteiger partial charge on any atom is 0.328 e. The van der Waals surface area contributed by atoms with Crippen LogP contribution in [0.5, 0.6) is 0 Å². The third-order valence-corrected chi connectivity index (χ3v) is 4.15. The van der Waals surface area contributed by atoms with E-state index in [1.54, 1.807) is 16.8 Å². The van der Waals surface area contributed by atoms with Crippen molar-refractivity contribution >= 4 is 22.8 Å². The van der Waals surface area contributed by atoms with E-state index in [4.69, 9.17) is 4.74 Å². The van der Waals surface area contributed by atoms with E-state index in [0.717, 1.165) is 10.9 Å². The molecule has 0 fully saturated rings. The van der Waals surface area contributed by atoms with Gasteiger partial charge >= 0.3 is 5.97 Å². The topological polar surface area (TPSA) is 60.3 Å². The fraction of sp³-hybridized carbons (Fsp3) is 0.200. The third-order valence-electron chi connectivity index (χ3n) is 4.15. The lowest BCUT2D eigenvalue weighted by atomic mass is 10.1. The molecule has 1 aromatic heterocycles. The Kier molecular flexibility index (Phi) is 5.31. The van der Waals surface area contributed by atoms with Crippen LogP contribution in [0, 0.1) is 5.82 Å². The molecule has 0 aliphatic carbocycles. The molecule has 3 aromatic rings. The number of nitrogens with one attached hydrogen (secondary N) is 1. The maximum atomic E-state index is 13.5. The number of amides is 1. The van der Waals surface area contributed by atoms with Crippen molar-refractivity contribution in [3.8, 4) is 0 Å². The number of benzene rings is 2. The third kappa shape index (κ3) is 4.08. The predicted octanol–water partition coefficient (Wildman–Crippen LogP) is 2.68. The van der Waals surface area contributed by atoms with Crippen molar-refractivity contribution in [2.24, 2.45) is 0 Å². The Morgan fingerprint density at radius 2 is 1.92 bits per heavy atom. The molecule has 26 heavy (non-hydrogen) atoms. The molecule has 0 spiro atoms. The number of hydrogen-bond donors (Lipinski definition) is 1. The molecule has 3 rings (SSSR count). The van der Waals surface area contributed by atoms with Crippen LogP contribution in [0.4, 0.5) is 4.39 Å². The molecular formula is C20H19FN2O3. The Bertz CT molecular complexity index is 921. The number of methoxy groups -OCH3 is 1. The van der Waals surface area contributed by atoms with Gasteiger partial charge in [-0.3, -0.25) is 4.79 Å². The van der Waals surface area contributed by atoms with Crippen molar-refractivity contribution in [2.75, 3.05) is 7.11 Å². The predicted molar refractivity (Wildman–Crippen MR) is 96.0 cm³/mol.